The molecule has 0 unspecified atom stereocenters. The van der Waals surface area contributed by atoms with E-state index in [4.69, 9.17) is 4.74 Å². The van der Waals surface area contributed by atoms with Crippen LogP contribution in [0.1, 0.15) is 23.5 Å². The molecule has 19 heavy (non-hydrogen) atoms. The van der Waals surface area contributed by atoms with E-state index in [0.717, 1.165) is 10.4 Å². The van der Waals surface area contributed by atoms with Gasteiger partial charge >= 0.3 is 0 Å². The molecular formula is C14H16N2O2S. The number of hydrogen-bond donors (Lipinski definition) is 1. The highest BCUT2D eigenvalue weighted by Crippen LogP contribution is 2.33. The lowest BCUT2D eigenvalue weighted by Crippen LogP contribution is -2.21. The van der Waals surface area contributed by atoms with Crippen molar-refractivity contribution in [3.63, 3.8) is 0 Å². The number of nitrogens with zero attached hydrogens (tertiary/aromatic N) is 1. The van der Waals surface area contributed by atoms with Crippen molar-refractivity contribution in [2.75, 3.05) is 13.2 Å². The van der Waals surface area contributed by atoms with Crippen molar-refractivity contribution in [2.45, 2.75) is 13.8 Å². The van der Waals surface area contributed by atoms with E-state index < -0.39 is 0 Å². The maximum absolute atomic E-state index is 11.8. The lowest BCUT2D eigenvalue weighted by molar-refractivity contribution is 0.0960. The topological polar surface area (TPSA) is 51.2 Å². The Bertz CT molecular complexity index is 566. The quantitative estimate of drug-likeness (QED) is 0.913. The number of hydrogen-bond acceptors (Lipinski definition) is 4. The van der Waals surface area contributed by atoms with Crippen molar-refractivity contribution in [3.05, 3.63) is 35.3 Å². The standard InChI is InChI=1S/C14H16N2O2S/c1-3-15-13(17)12-8-7-11(19-12)10-6-5-9-16-14(10)18-4-2/h5-9H,3-4H2,1-2H3,(H,15,17). The molecule has 2 aromatic rings. The number of carbonyl (C=O) groups is 1. The van der Waals surface area contributed by atoms with Crippen molar-refractivity contribution in [1.82, 2.24) is 10.3 Å². The first-order chi connectivity index (χ1) is 9.26. The first kappa shape index (κ1) is 13.5. The SMILES string of the molecule is CCNC(=O)c1ccc(-c2cccnc2OCC)s1. The van der Waals surface area contributed by atoms with Crippen LogP contribution in [0.4, 0.5) is 0 Å². The number of pyridine rings is 1. The lowest BCUT2D eigenvalue weighted by Gasteiger charge is -2.06. The Hall–Kier alpha value is -1.88. The second kappa shape index (κ2) is 6.33. The molecule has 2 rings (SSSR count). The van der Waals surface area contributed by atoms with Crippen LogP contribution in [-0.2, 0) is 0 Å². The highest BCUT2D eigenvalue weighted by atomic mass is 32.1. The van der Waals surface area contributed by atoms with Gasteiger partial charge in [0.2, 0.25) is 5.88 Å². The van der Waals surface area contributed by atoms with Gasteiger partial charge in [-0.25, -0.2) is 4.98 Å². The highest BCUT2D eigenvalue weighted by Gasteiger charge is 2.12. The number of amides is 1. The van der Waals surface area contributed by atoms with E-state index in [1.165, 1.54) is 11.3 Å². The smallest absolute Gasteiger partial charge is 0.261 e. The molecule has 1 N–H and O–H groups in total. The minimum atomic E-state index is -0.0411. The zero-order valence-corrected chi connectivity index (χ0v) is 11.8. The summed E-state index contributed by atoms with van der Waals surface area (Å²) in [5.74, 6) is 0.565. The van der Waals surface area contributed by atoms with Crippen LogP contribution < -0.4 is 10.1 Å². The van der Waals surface area contributed by atoms with Gasteiger partial charge in [0.05, 0.1) is 17.0 Å². The third kappa shape index (κ3) is 3.12. The molecule has 0 atom stereocenters. The second-order valence-electron chi connectivity index (χ2n) is 3.81. The van der Waals surface area contributed by atoms with Crippen molar-refractivity contribution >= 4 is 17.2 Å². The van der Waals surface area contributed by atoms with E-state index in [1.54, 1.807) is 6.20 Å². The summed E-state index contributed by atoms with van der Waals surface area (Å²) in [5, 5.41) is 2.79. The summed E-state index contributed by atoms with van der Waals surface area (Å²) in [6.07, 6.45) is 1.70. The number of thiophene rings is 1. The van der Waals surface area contributed by atoms with E-state index in [0.29, 0.717) is 23.9 Å². The average Bonchev–Trinajstić information content (AvgIpc) is 2.90. The van der Waals surface area contributed by atoms with Crippen LogP contribution in [-0.4, -0.2) is 24.0 Å². The predicted octanol–water partition coefficient (Wildman–Crippen LogP) is 2.96. The lowest BCUT2D eigenvalue weighted by atomic mass is 10.2. The number of carbonyl (C=O) groups excluding carboxylic acids is 1. The van der Waals surface area contributed by atoms with Crippen molar-refractivity contribution in [2.24, 2.45) is 0 Å². The molecule has 4 nitrogen and oxygen atoms in total. The molecule has 0 bridgehead atoms. The molecule has 0 fully saturated rings. The second-order valence-corrected chi connectivity index (χ2v) is 4.90. The molecule has 0 aromatic carbocycles. The van der Waals surface area contributed by atoms with E-state index in [1.807, 2.05) is 38.1 Å². The summed E-state index contributed by atoms with van der Waals surface area (Å²) in [4.78, 5) is 17.7. The van der Waals surface area contributed by atoms with Gasteiger partial charge in [-0.3, -0.25) is 4.79 Å². The Morgan fingerprint density at radius 2 is 2.21 bits per heavy atom. The number of ether oxygens (including phenoxy) is 1. The summed E-state index contributed by atoms with van der Waals surface area (Å²) < 4.78 is 5.50. The summed E-state index contributed by atoms with van der Waals surface area (Å²) in [6, 6.07) is 7.57. The molecule has 1 amide bonds. The number of aromatic nitrogens is 1. The zero-order valence-electron chi connectivity index (χ0n) is 11.0. The van der Waals surface area contributed by atoms with E-state index in [2.05, 4.69) is 10.3 Å². The van der Waals surface area contributed by atoms with Gasteiger partial charge < -0.3 is 10.1 Å². The third-order valence-electron chi connectivity index (χ3n) is 2.48. The minimum absolute atomic E-state index is 0.0411. The molecule has 0 aliphatic rings. The minimum Gasteiger partial charge on any atom is -0.477 e. The Balaban J connectivity index is 2.30. The van der Waals surface area contributed by atoms with Crippen LogP contribution in [0.5, 0.6) is 5.88 Å². The van der Waals surface area contributed by atoms with Crippen LogP contribution in [0.2, 0.25) is 0 Å². The average molecular weight is 276 g/mol. The van der Waals surface area contributed by atoms with Gasteiger partial charge in [0.15, 0.2) is 0 Å². The van der Waals surface area contributed by atoms with Crippen LogP contribution >= 0.6 is 11.3 Å². The predicted molar refractivity (Wildman–Crippen MR) is 76.7 cm³/mol. The Morgan fingerprint density at radius 3 is 2.95 bits per heavy atom. The maximum Gasteiger partial charge on any atom is 0.261 e. The highest BCUT2D eigenvalue weighted by molar-refractivity contribution is 7.17. The maximum atomic E-state index is 11.8. The van der Waals surface area contributed by atoms with Gasteiger partial charge in [0.1, 0.15) is 0 Å². The van der Waals surface area contributed by atoms with Gasteiger partial charge in [-0.05, 0) is 38.1 Å². The summed E-state index contributed by atoms with van der Waals surface area (Å²) >= 11 is 1.44. The van der Waals surface area contributed by atoms with E-state index >= 15 is 0 Å². The van der Waals surface area contributed by atoms with Gasteiger partial charge in [0.25, 0.3) is 5.91 Å². The van der Waals surface area contributed by atoms with Gasteiger partial charge in [-0.15, -0.1) is 11.3 Å². The zero-order chi connectivity index (χ0) is 13.7. The van der Waals surface area contributed by atoms with Gasteiger partial charge in [-0.1, -0.05) is 0 Å². The molecule has 0 saturated carbocycles. The van der Waals surface area contributed by atoms with Crippen LogP contribution in [0.3, 0.4) is 0 Å². The van der Waals surface area contributed by atoms with E-state index in [-0.39, 0.29) is 5.91 Å². The number of rotatable bonds is 5. The van der Waals surface area contributed by atoms with Crippen molar-refractivity contribution < 1.29 is 9.53 Å². The summed E-state index contributed by atoms with van der Waals surface area (Å²) in [7, 11) is 0. The number of nitrogens with one attached hydrogen (secondary N) is 1. The van der Waals surface area contributed by atoms with Gasteiger partial charge in [0, 0.05) is 17.6 Å². The van der Waals surface area contributed by atoms with Crippen LogP contribution in [0, 0.1) is 0 Å². The molecule has 2 heterocycles. The fraction of sp³-hybridized carbons (Fsp3) is 0.286. The fourth-order valence-corrected chi connectivity index (χ4v) is 2.62. The molecule has 0 saturated heterocycles. The van der Waals surface area contributed by atoms with Crippen LogP contribution in [0.25, 0.3) is 10.4 Å². The van der Waals surface area contributed by atoms with Gasteiger partial charge in [-0.2, -0.15) is 0 Å². The third-order valence-corrected chi connectivity index (χ3v) is 3.60. The Labute approximate surface area is 116 Å². The summed E-state index contributed by atoms with van der Waals surface area (Å²) in [5.41, 5.74) is 0.921. The largest absolute Gasteiger partial charge is 0.477 e. The molecule has 100 valence electrons. The first-order valence-electron chi connectivity index (χ1n) is 6.22. The Morgan fingerprint density at radius 1 is 1.37 bits per heavy atom. The molecule has 0 spiro atoms. The van der Waals surface area contributed by atoms with Crippen molar-refractivity contribution in [3.8, 4) is 16.3 Å². The molecular weight excluding hydrogens is 260 g/mol. The fourth-order valence-electron chi connectivity index (χ4n) is 1.68. The molecule has 0 radical (unpaired) electrons. The molecule has 0 aliphatic heterocycles. The normalized spacial score (nSPS) is 10.2. The molecule has 0 aliphatic carbocycles. The van der Waals surface area contributed by atoms with Crippen LogP contribution in [0.15, 0.2) is 30.5 Å². The monoisotopic (exact) mass is 276 g/mol. The molecule has 5 heteroatoms. The Kier molecular flexibility index (Phi) is 4.52. The summed E-state index contributed by atoms with van der Waals surface area (Å²) in [6.45, 7) is 5.02. The molecule has 2 aromatic heterocycles. The first-order valence-corrected chi connectivity index (χ1v) is 7.04. The van der Waals surface area contributed by atoms with Crippen molar-refractivity contribution in [1.29, 1.82) is 0 Å². The van der Waals surface area contributed by atoms with E-state index in [9.17, 15) is 4.79 Å².